The number of hydrogen-bond acceptors (Lipinski definition) is 6. The van der Waals surface area contributed by atoms with Gasteiger partial charge in [0.15, 0.2) is 5.12 Å². The van der Waals surface area contributed by atoms with Gasteiger partial charge >= 0.3 is 5.97 Å². The van der Waals surface area contributed by atoms with Crippen LogP contribution in [0.1, 0.15) is 90.5 Å². The van der Waals surface area contributed by atoms with E-state index < -0.39 is 11.3 Å². The molecule has 242 valence electrons. The van der Waals surface area contributed by atoms with Crippen LogP contribution in [0.2, 0.25) is 0 Å². The van der Waals surface area contributed by atoms with E-state index in [9.17, 15) is 19.5 Å². The van der Waals surface area contributed by atoms with Gasteiger partial charge in [0, 0.05) is 24.4 Å². The van der Waals surface area contributed by atoms with Crippen LogP contribution in [-0.2, 0) is 17.8 Å². The van der Waals surface area contributed by atoms with E-state index in [4.69, 9.17) is 10.7 Å². The van der Waals surface area contributed by atoms with Gasteiger partial charge < -0.3 is 20.7 Å². The highest BCUT2D eigenvalue weighted by Gasteiger charge is 2.31. The van der Waals surface area contributed by atoms with Crippen LogP contribution in [0.4, 0.5) is 0 Å². The van der Waals surface area contributed by atoms with Gasteiger partial charge in [-0.2, -0.15) is 0 Å². The second-order valence-corrected chi connectivity index (χ2v) is 14.0. The van der Waals surface area contributed by atoms with Crippen molar-refractivity contribution in [3.63, 3.8) is 0 Å². The molecule has 1 saturated carbocycles. The third-order valence-corrected chi connectivity index (χ3v) is 9.92. The average molecular weight is 641 g/mol. The Kier molecular flexibility index (Phi) is 10.6. The predicted molar refractivity (Wildman–Crippen MR) is 185 cm³/mol. The van der Waals surface area contributed by atoms with Crippen molar-refractivity contribution in [3.8, 4) is 11.1 Å². The third-order valence-electron chi connectivity index (χ3n) is 8.75. The number of fused-ring (bicyclic) bond motifs is 1. The van der Waals surface area contributed by atoms with E-state index in [2.05, 4.69) is 30.7 Å². The first kappa shape index (κ1) is 33.4. The summed E-state index contributed by atoms with van der Waals surface area (Å²) in [6, 6.07) is 18.4. The normalized spacial score (nSPS) is 14.7. The minimum atomic E-state index is -0.956. The SMILES string of the molecule is CCCc1nc2c(C)cc(C(=O)N[C@H](CC(C)C)C(N)SC(=O)C3CCC3)cc2n1Cc1ccc(-c2ccccc2C(=O)O)cc1. The number of nitrogens with two attached hydrogens (primary N) is 1. The lowest BCUT2D eigenvalue weighted by molar-refractivity contribution is -0.116. The van der Waals surface area contributed by atoms with E-state index in [1.165, 1.54) is 11.8 Å². The summed E-state index contributed by atoms with van der Waals surface area (Å²) in [5, 5.41) is 12.4. The Morgan fingerprint density at radius 2 is 1.80 bits per heavy atom. The molecule has 3 aromatic carbocycles. The molecule has 1 heterocycles. The van der Waals surface area contributed by atoms with Crippen LogP contribution in [0.15, 0.2) is 60.7 Å². The molecule has 5 rings (SSSR count). The lowest BCUT2D eigenvalue weighted by atomic mass is 9.87. The minimum absolute atomic E-state index is 0.0888. The highest BCUT2D eigenvalue weighted by Crippen LogP contribution is 2.33. The molecule has 0 spiro atoms. The van der Waals surface area contributed by atoms with Crippen LogP contribution in [0, 0.1) is 18.8 Å². The van der Waals surface area contributed by atoms with Crippen molar-refractivity contribution in [2.45, 2.75) is 84.2 Å². The van der Waals surface area contributed by atoms with Gasteiger partial charge in [-0.05, 0) is 79.0 Å². The maximum absolute atomic E-state index is 13.7. The number of rotatable bonds is 13. The summed E-state index contributed by atoms with van der Waals surface area (Å²) in [5.41, 5.74) is 12.5. The predicted octanol–water partition coefficient (Wildman–Crippen LogP) is 7.20. The Balaban J connectivity index is 1.42. The maximum atomic E-state index is 13.7. The van der Waals surface area contributed by atoms with Gasteiger partial charge in [0.2, 0.25) is 0 Å². The van der Waals surface area contributed by atoms with Crippen molar-refractivity contribution in [3.05, 3.63) is 88.7 Å². The van der Waals surface area contributed by atoms with Gasteiger partial charge in [0.25, 0.3) is 5.91 Å². The zero-order valence-corrected chi connectivity index (χ0v) is 27.9. The van der Waals surface area contributed by atoms with Crippen molar-refractivity contribution >= 4 is 39.8 Å². The molecule has 8 nitrogen and oxygen atoms in total. The van der Waals surface area contributed by atoms with Crippen LogP contribution < -0.4 is 11.1 Å². The van der Waals surface area contributed by atoms with Crippen molar-refractivity contribution < 1.29 is 19.5 Å². The summed E-state index contributed by atoms with van der Waals surface area (Å²) in [6.07, 6.45) is 5.32. The number of nitrogens with zero attached hydrogens (tertiary/aromatic N) is 2. The molecular formula is C37H44N4O4S. The summed E-state index contributed by atoms with van der Waals surface area (Å²) in [5.74, 6) is 0.161. The van der Waals surface area contributed by atoms with Crippen molar-refractivity contribution in [2.75, 3.05) is 0 Å². The Labute approximate surface area is 275 Å². The Hall–Kier alpha value is -3.95. The molecule has 1 aliphatic carbocycles. The number of aryl methyl sites for hydroxylation is 2. The van der Waals surface area contributed by atoms with E-state index in [1.54, 1.807) is 12.1 Å². The number of carbonyl (C=O) groups is 3. The summed E-state index contributed by atoms with van der Waals surface area (Å²) in [7, 11) is 0. The molecule has 2 atom stereocenters. The molecular weight excluding hydrogens is 596 g/mol. The van der Waals surface area contributed by atoms with Crippen LogP contribution in [0.3, 0.4) is 0 Å². The topological polar surface area (TPSA) is 127 Å². The highest BCUT2D eigenvalue weighted by molar-refractivity contribution is 8.14. The van der Waals surface area contributed by atoms with Crippen LogP contribution in [0.25, 0.3) is 22.2 Å². The zero-order chi connectivity index (χ0) is 33.0. The summed E-state index contributed by atoms with van der Waals surface area (Å²) >= 11 is 1.17. The second-order valence-electron chi connectivity index (χ2n) is 12.8. The fraction of sp³-hybridized carbons (Fsp3) is 0.405. The number of aromatic nitrogens is 2. The van der Waals surface area contributed by atoms with Gasteiger partial charge in [0.05, 0.1) is 28.0 Å². The minimum Gasteiger partial charge on any atom is -0.478 e. The van der Waals surface area contributed by atoms with E-state index in [-0.39, 0.29) is 28.5 Å². The molecule has 9 heteroatoms. The monoisotopic (exact) mass is 640 g/mol. The molecule has 1 fully saturated rings. The Morgan fingerprint density at radius 1 is 1.09 bits per heavy atom. The largest absolute Gasteiger partial charge is 0.478 e. The number of imidazole rings is 1. The van der Waals surface area contributed by atoms with E-state index in [1.807, 2.05) is 55.5 Å². The van der Waals surface area contributed by atoms with Gasteiger partial charge in [-0.15, -0.1) is 0 Å². The van der Waals surface area contributed by atoms with Gasteiger partial charge in [-0.3, -0.25) is 9.59 Å². The standard InChI is InChI=1S/C37H44N4O4S/c1-5-9-32-40-33-23(4)19-27(35(42)39-30(18-22(2)3)34(38)46-37(45)26-10-8-11-26)20-31(33)41(32)21-24-14-16-25(17-15-24)28-12-6-7-13-29(28)36(43)44/h6-7,12-17,19-20,22,26,30,34H,5,8-11,18,21,38H2,1-4H3,(H,39,42)(H,43,44)/t30-,34?/m1/s1. The number of hydrogen-bond donors (Lipinski definition) is 3. The van der Waals surface area contributed by atoms with Crippen molar-refractivity contribution in [1.29, 1.82) is 0 Å². The maximum Gasteiger partial charge on any atom is 0.336 e. The third kappa shape index (κ3) is 7.53. The summed E-state index contributed by atoms with van der Waals surface area (Å²) in [4.78, 5) is 43.2. The lowest BCUT2D eigenvalue weighted by Gasteiger charge is -2.29. The first-order valence-corrected chi connectivity index (χ1v) is 17.1. The number of amides is 1. The molecule has 0 saturated heterocycles. The van der Waals surface area contributed by atoms with Crippen LogP contribution in [-0.4, -0.2) is 43.1 Å². The molecule has 1 amide bonds. The summed E-state index contributed by atoms with van der Waals surface area (Å²) < 4.78 is 2.17. The van der Waals surface area contributed by atoms with E-state index in [0.717, 1.165) is 65.7 Å². The first-order valence-electron chi connectivity index (χ1n) is 16.2. The number of benzene rings is 3. The number of carbonyl (C=O) groups excluding carboxylic acids is 2. The van der Waals surface area contributed by atoms with Gasteiger partial charge in [-0.25, -0.2) is 9.78 Å². The molecule has 0 aliphatic heterocycles. The lowest BCUT2D eigenvalue weighted by Crippen LogP contribution is -2.47. The molecule has 4 aromatic rings. The molecule has 46 heavy (non-hydrogen) atoms. The smallest absolute Gasteiger partial charge is 0.336 e. The number of carboxylic acids is 1. The Morgan fingerprint density at radius 3 is 2.43 bits per heavy atom. The van der Waals surface area contributed by atoms with Crippen molar-refractivity contribution in [1.82, 2.24) is 14.9 Å². The highest BCUT2D eigenvalue weighted by atomic mass is 32.2. The van der Waals surface area contributed by atoms with Crippen LogP contribution in [0.5, 0.6) is 0 Å². The number of nitrogens with one attached hydrogen (secondary N) is 1. The van der Waals surface area contributed by atoms with E-state index in [0.29, 0.717) is 30.0 Å². The number of thioether (sulfide) groups is 1. The fourth-order valence-electron chi connectivity index (χ4n) is 6.05. The summed E-state index contributed by atoms with van der Waals surface area (Å²) in [6.45, 7) is 8.83. The molecule has 4 N–H and O–H groups in total. The average Bonchev–Trinajstić information content (AvgIpc) is 3.33. The quantitative estimate of drug-likeness (QED) is 0.132. The van der Waals surface area contributed by atoms with Gasteiger partial charge in [-0.1, -0.05) is 81.4 Å². The number of carboxylic acid groups (broad SMARTS) is 1. The van der Waals surface area contributed by atoms with Gasteiger partial charge in [0.1, 0.15) is 5.82 Å². The molecule has 0 radical (unpaired) electrons. The molecule has 0 bridgehead atoms. The molecule has 1 aromatic heterocycles. The first-order chi connectivity index (χ1) is 22.0. The fourth-order valence-corrected chi connectivity index (χ4v) is 7.09. The van der Waals surface area contributed by atoms with Crippen molar-refractivity contribution in [2.24, 2.45) is 17.6 Å². The van der Waals surface area contributed by atoms with E-state index >= 15 is 0 Å². The zero-order valence-electron chi connectivity index (χ0n) is 27.1. The number of aromatic carboxylic acids is 1. The molecule has 1 aliphatic rings. The Bertz CT molecular complexity index is 1730. The van der Waals surface area contributed by atoms with Crippen LogP contribution >= 0.6 is 11.8 Å². The molecule has 1 unspecified atom stereocenters. The second kappa shape index (κ2) is 14.6.